The van der Waals surface area contributed by atoms with Crippen LogP contribution in [0, 0.1) is 29.5 Å². The summed E-state index contributed by atoms with van der Waals surface area (Å²) in [5, 5.41) is 0.168. The van der Waals surface area contributed by atoms with Crippen LogP contribution >= 0.6 is 11.6 Å². The molecule has 0 aliphatic heterocycles. The van der Waals surface area contributed by atoms with E-state index in [1.807, 2.05) is 19.1 Å². The van der Waals surface area contributed by atoms with Gasteiger partial charge in [-0.25, -0.2) is 4.39 Å². The Kier molecular flexibility index (Phi) is 9.56. The van der Waals surface area contributed by atoms with Gasteiger partial charge in [-0.1, -0.05) is 69.2 Å². The summed E-state index contributed by atoms with van der Waals surface area (Å²) in [6.45, 7) is 4.58. The van der Waals surface area contributed by atoms with Crippen molar-refractivity contribution >= 4 is 17.7 Å². The van der Waals surface area contributed by atoms with Crippen molar-refractivity contribution in [2.45, 2.75) is 90.9 Å². The molecule has 1 aromatic rings. The molecule has 2 fully saturated rings. The Morgan fingerprint density at radius 1 is 0.967 bits per heavy atom. The highest BCUT2D eigenvalue weighted by molar-refractivity contribution is 6.32. The van der Waals surface area contributed by atoms with Gasteiger partial charge in [0.2, 0.25) is 0 Å². The van der Waals surface area contributed by atoms with Crippen LogP contribution in [0.25, 0.3) is 6.08 Å². The standard InChI is InChI=1S/C27H40ClFO/c1-3-5-6-7-20-8-13-22(14-9-20)23-15-10-21(11-16-23)12-17-24-18-19-25(30-4-2)27(29)26(24)28/h12,17-23H,3-11,13-16H2,1-2H3/b17-12+. The molecule has 2 saturated carbocycles. The molecule has 0 amide bonds. The maximum Gasteiger partial charge on any atom is 0.184 e. The zero-order chi connectivity index (χ0) is 21.3. The summed E-state index contributed by atoms with van der Waals surface area (Å²) in [5.41, 5.74) is 0.751. The van der Waals surface area contributed by atoms with Gasteiger partial charge in [-0.05, 0) is 86.8 Å². The number of allylic oxidation sites excluding steroid dienone is 1. The largest absolute Gasteiger partial charge is 0.491 e. The third-order valence-electron chi connectivity index (χ3n) is 7.52. The van der Waals surface area contributed by atoms with E-state index in [1.54, 1.807) is 6.07 Å². The van der Waals surface area contributed by atoms with Crippen molar-refractivity contribution in [1.29, 1.82) is 0 Å². The molecule has 0 saturated heterocycles. The maximum atomic E-state index is 14.3. The van der Waals surface area contributed by atoms with Gasteiger partial charge in [0.25, 0.3) is 0 Å². The predicted octanol–water partition coefficient (Wildman–Crippen LogP) is 9.08. The first kappa shape index (κ1) is 23.6. The predicted molar refractivity (Wildman–Crippen MR) is 127 cm³/mol. The van der Waals surface area contributed by atoms with Crippen molar-refractivity contribution < 1.29 is 9.13 Å². The number of unbranched alkanes of at least 4 members (excludes halogenated alkanes) is 2. The van der Waals surface area contributed by atoms with Crippen LogP contribution in [0.3, 0.4) is 0 Å². The van der Waals surface area contributed by atoms with Crippen LogP contribution in [0.2, 0.25) is 5.02 Å². The average molecular weight is 435 g/mol. The first-order valence-electron chi connectivity index (χ1n) is 12.4. The zero-order valence-electron chi connectivity index (χ0n) is 19.0. The van der Waals surface area contributed by atoms with Gasteiger partial charge in [-0.3, -0.25) is 0 Å². The summed E-state index contributed by atoms with van der Waals surface area (Å²) in [4.78, 5) is 0. The molecular weight excluding hydrogens is 395 g/mol. The van der Waals surface area contributed by atoms with E-state index >= 15 is 0 Å². The summed E-state index contributed by atoms with van der Waals surface area (Å²) in [7, 11) is 0. The van der Waals surface area contributed by atoms with Gasteiger partial charge >= 0.3 is 0 Å². The molecule has 0 spiro atoms. The molecule has 3 rings (SSSR count). The van der Waals surface area contributed by atoms with E-state index in [1.165, 1.54) is 77.0 Å². The van der Waals surface area contributed by atoms with Gasteiger partial charge < -0.3 is 4.74 Å². The Bertz CT molecular complexity index is 670. The van der Waals surface area contributed by atoms with E-state index < -0.39 is 5.82 Å². The van der Waals surface area contributed by atoms with E-state index in [-0.39, 0.29) is 10.8 Å². The number of halogens is 2. The lowest BCUT2D eigenvalue weighted by Crippen LogP contribution is -2.25. The molecule has 168 valence electrons. The Hall–Kier alpha value is -1.02. The molecule has 2 aliphatic rings. The van der Waals surface area contributed by atoms with E-state index in [0.29, 0.717) is 12.5 Å². The first-order chi connectivity index (χ1) is 14.6. The van der Waals surface area contributed by atoms with Crippen molar-refractivity contribution in [3.8, 4) is 5.75 Å². The van der Waals surface area contributed by atoms with Crippen molar-refractivity contribution in [3.05, 3.63) is 34.6 Å². The van der Waals surface area contributed by atoms with Crippen molar-refractivity contribution in [3.63, 3.8) is 0 Å². The van der Waals surface area contributed by atoms with Gasteiger partial charge in [0.05, 0.1) is 11.6 Å². The molecule has 2 aliphatic carbocycles. The second kappa shape index (κ2) is 12.1. The van der Waals surface area contributed by atoms with E-state index in [4.69, 9.17) is 16.3 Å². The highest BCUT2D eigenvalue weighted by Crippen LogP contribution is 2.42. The molecule has 0 bridgehead atoms. The highest BCUT2D eigenvalue weighted by Gasteiger charge is 2.30. The number of benzene rings is 1. The van der Waals surface area contributed by atoms with Crippen LogP contribution in [0.5, 0.6) is 5.75 Å². The monoisotopic (exact) mass is 434 g/mol. The Labute approximate surface area is 188 Å². The van der Waals surface area contributed by atoms with Crippen LogP contribution in [-0.2, 0) is 0 Å². The summed E-state index contributed by atoms with van der Waals surface area (Å²) in [5.74, 6) is 3.28. The number of rotatable bonds is 9. The average Bonchev–Trinajstić information content (AvgIpc) is 2.78. The highest BCUT2D eigenvalue weighted by atomic mass is 35.5. The fourth-order valence-corrected chi connectivity index (χ4v) is 5.84. The third kappa shape index (κ3) is 6.49. The quantitative estimate of drug-likeness (QED) is 0.352. The molecule has 30 heavy (non-hydrogen) atoms. The lowest BCUT2D eigenvalue weighted by atomic mass is 9.68. The smallest absolute Gasteiger partial charge is 0.184 e. The Morgan fingerprint density at radius 3 is 2.27 bits per heavy atom. The third-order valence-corrected chi connectivity index (χ3v) is 7.90. The Morgan fingerprint density at radius 2 is 1.63 bits per heavy atom. The fourth-order valence-electron chi connectivity index (χ4n) is 5.62. The van der Waals surface area contributed by atoms with E-state index in [0.717, 1.165) is 23.3 Å². The molecular formula is C27H40ClFO. The molecule has 0 N–H and O–H groups in total. The SMILES string of the molecule is CCCCCC1CCC(C2CCC(/C=C/c3ccc(OCC)c(F)c3Cl)CC2)CC1. The minimum absolute atomic E-state index is 0.168. The first-order valence-corrected chi connectivity index (χ1v) is 12.8. The maximum absolute atomic E-state index is 14.3. The van der Waals surface area contributed by atoms with Crippen molar-refractivity contribution in [1.82, 2.24) is 0 Å². The zero-order valence-corrected chi connectivity index (χ0v) is 19.7. The molecule has 0 atom stereocenters. The summed E-state index contributed by atoms with van der Waals surface area (Å²) >= 11 is 6.22. The molecule has 0 heterocycles. The summed E-state index contributed by atoms with van der Waals surface area (Å²) in [6, 6.07) is 3.54. The summed E-state index contributed by atoms with van der Waals surface area (Å²) in [6.07, 6.45) is 21.0. The second-order valence-electron chi connectivity index (χ2n) is 9.52. The van der Waals surface area contributed by atoms with Crippen LogP contribution in [-0.4, -0.2) is 6.61 Å². The lowest BCUT2D eigenvalue weighted by Gasteiger charge is -2.37. The van der Waals surface area contributed by atoms with Gasteiger partial charge in [-0.15, -0.1) is 0 Å². The second-order valence-corrected chi connectivity index (χ2v) is 9.90. The van der Waals surface area contributed by atoms with Crippen LogP contribution < -0.4 is 4.74 Å². The van der Waals surface area contributed by atoms with Gasteiger partial charge in [0.15, 0.2) is 11.6 Å². The molecule has 0 radical (unpaired) electrons. The lowest BCUT2D eigenvalue weighted by molar-refractivity contribution is 0.151. The van der Waals surface area contributed by atoms with E-state index in [9.17, 15) is 4.39 Å². The van der Waals surface area contributed by atoms with Crippen molar-refractivity contribution in [2.75, 3.05) is 6.61 Å². The van der Waals surface area contributed by atoms with Gasteiger partial charge in [0.1, 0.15) is 0 Å². The number of hydrogen-bond acceptors (Lipinski definition) is 1. The number of hydrogen-bond donors (Lipinski definition) is 0. The summed E-state index contributed by atoms with van der Waals surface area (Å²) < 4.78 is 19.6. The minimum Gasteiger partial charge on any atom is -0.491 e. The Balaban J connectivity index is 1.43. The topological polar surface area (TPSA) is 9.23 Å². The molecule has 1 aromatic carbocycles. The molecule has 0 aromatic heterocycles. The minimum atomic E-state index is -0.449. The molecule has 0 unspecified atom stereocenters. The van der Waals surface area contributed by atoms with E-state index in [2.05, 4.69) is 13.0 Å². The van der Waals surface area contributed by atoms with Crippen LogP contribution in [0.1, 0.15) is 96.5 Å². The normalized spacial score (nSPS) is 27.5. The molecule has 1 nitrogen and oxygen atoms in total. The van der Waals surface area contributed by atoms with Crippen LogP contribution in [0.15, 0.2) is 18.2 Å². The molecule has 3 heteroatoms. The fraction of sp³-hybridized carbons (Fsp3) is 0.704. The van der Waals surface area contributed by atoms with Crippen molar-refractivity contribution in [2.24, 2.45) is 23.7 Å². The number of ether oxygens (including phenoxy) is 1. The van der Waals surface area contributed by atoms with Gasteiger partial charge in [0, 0.05) is 0 Å². The van der Waals surface area contributed by atoms with Gasteiger partial charge in [-0.2, -0.15) is 0 Å². The van der Waals surface area contributed by atoms with Crippen LogP contribution in [0.4, 0.5) is 4.39 Å².